The van der Waals surface area contributed by atoms with Crippen LogP contribution in [0.5, 0.6) is 0 Å². The monoisotopic (exact) mass is 375 g/mol. The quantitative estimate of drug-likeness (QED) is 0.688. The summed E-state index contributed by atoms with van der Waals surface area (Å²) >= 11 is 0. The van der Waals surface area contributed by atoms with E-state index in [1.54, 1.807) is 29.2 Å². The van der Waals surface area contributed by atoms with Gasteiger partial charge in [0.1, 0.15) is 6.04 Å². The van der Waals surface area contributed by atoms with E-state index in [1.165, 1.54) is 10.8 Å². The highest BCUT2D eigenvalue weighted by Crippen LogP contribution is 2.37. The average Bonchev–Trinajstić information content (AvgIpc) is 3.10. The molecular weight excluding hydrogens is 358 g/mol. The van der Waals surface area contributed by atoms with E-state index in [-0.39, 0.29) is 12.3 Å². The number of aromatic nitrogens is 2. The molecule has 28 heavy (non-hydrogen) atoms. The molecule has 0 spiro atoms. The van der Waals surface area contributed by atoms with E-state index in [4.69, 9.17) is 0 Å². The summed E-state index contributed by atoms with van der Waals surface area (Å²) in [6, 6.07) is 15.3. The molecule has 1 aliphatic heterocycles. The van der Waals surface area contributed by atoms with Crippen LogP contribution < -0.4 is 10.5 Å². The molecule has 0 saturated carbocycles. The maximum absolute atomic E-state index is 12.5. The summed E-state index contributed by atoms with van der Waals surface area (Å²) in [5.74, 6) is -0.870. The third-order valence-corrected chi connectivity index (χ3v) is 4.78. The maximum atomic E-state index is 12.5. The summed E-state index contributed by atoms with van der Waals surface area (Å²) in [5, 5.41) is 9.64. The smallest absolute Gasteiger partial charge is 0.327 e. The van der Waals surface area contributed by atoms with E-state index in [1.807, 2.05) is 30.3 Å². The molecule has 7 heteroatoms. The SMILES string of the molecule is O=C(Cn1cc(N2c3ccccc3CC2C(=O)O)ncc1=O)c1ccccc1. The summed E-state index contributed by atoms with van der Waals surface area (Å²) in [4.78, 5) is 42.2. The second-order valence-electron chi connectivity index (χ2n) is 6.56. The van der Waals surface area contributed by atoms with Gasteiger partial charge in [-0.3, -0.25) is 9.59 Å². The van der Waals surface area contributed by atoms with Crippen LogP contribution in [0, 0.1) is 0 Å². The summed E-state index contributed by atoms with van der Waals surface area (Å²) < 4.78 is 1.26. The van der Waals surface area contributed by atoms with Gasteiger partial charge in [0.25, 0.3) is 5.56 Å². The van der Waals surface area contributed by atoms with Crippen molar-refractivity contribution >= 4 is 23.3 Å². The molecule has 1 unspecified atom stereocenters. The highest BCUT2D eigenvalue weighted by atomic mass is 16.4. The number of benzene rings is 2. The minimum Gasteiger partial charge on any atom is -0.480 e. The van der Waals surface area contributed by atoms with Crippen LogP contribution in [0.2, 0.25) is 0 Å². The highest BCUT2D eigenvalue weighted by molar-refractivity contribution is 5.95. The van der Waals surface area contributed by atoms with E-state index in [0.717, 1.165) is 17.4 Å². The van der Waals surface area contributed by atoms with Crippen molar-refractivity contribution in [1.82, 2.24) is 9.55 Å². The number of carbonyl (C=O) groups excluding carboxylic acids is 1. The molecule has 1 aliphatic rings. The second-order valence-corrected chi connectivity index (χ2v) is 6.56. The largest absolute Gasteiger partial charge is 0.480 e. The lowest BCUT2D eigenvalue weighted by molar-refractivity contribution is -0.138. The molecule has 140 valence electrons. The predicted molar refractivity (Wildman–Crippen MR) is 103 cm³/mol. The number of fused-ring (bicyclic) bond motifs is 1. The molecule has 0 saturated heterocycles. The second kappa shape index (κ2) is 7.11. The molecule has 7 nitrogen and oxygen atoms in total. The van der Waals surface area contributed by atoms with Crippen LogP contribution in [0.4, 0.5) is 11.5 Å². The zero-order valence-electron chi connectivity index (χ0n) is 14.9. The van der Waals surface area contributed by atoms with Gasteiger partial charge in [-0.05, 0) is 11.6 Å². The molecule has 4 rings (SSSR count). The zero-order chi connectivity index (χ0) is 19.7. The maximum Gasteiger partial charge on any atom is 0.327 e. The number of carbonyl (C=O) groups is 2. The van der Waals surface area contributed by atoms with Gasteiger partial charge in [0.2, 0.25) is 0 Å². The lowest BCUT2D eigenvalue weighted by Crippen LogP contribution is -2.36. The van der Waals surface area contributed by atoms with E-state index in [0.29, 0.717) is 17.8 Å². The van der Waals surface area contributed by atoms with E-state index >= 15 is 0 Å². The number of para-hydroxylation sites is 1. The van der Waals surface area contributed by atoms with Crippen LogP contribution in [-0.2, 0) is 17.8 Å². The van der Waals surface area contributed by atoms with E-state index in [9.17, 15) is 19.5 Å². The first-order valence-corrected chi connectivity index (χ1v) is 8.79. The molecule has 1 atom stereocenters. The van der Waals surface area contributed by atoms with Gasteiger partial charge in [0, 0.05) is 17.7 Å². The van der Waals surface area contributed by atoms with Gasteiger partial charge in [-0.2, -0.15) is 0 Å². The van der Waals surface area contributed by atoms with Crippen LogP contribution in [-0.4, -0.2) is 32.5 Å². The molecule has 0 bridgehead atoms. The molecule has 0 fully saturated rings. The predicted octanol–water partition coefficient (Wildman–Crippen LogP) is 2.27. The van der Waals surface area contributed by atoms with Crippen molar-refractivity contribution in [3.63, 3.8) is 0 Å². The summed E-state index contributed by atoms with van der Waals surface area (Å²) in [7, 11) is 0. The highest BCUT2D eigenvalue weighted by Gasteiger charge is 2.36. The molecule has 2 heterocycles. The van der Waals surface area contributed by atoms with E-state index in [2.05, 4.69) is 4.98 Å². The number of carboxylic acid groups (broad SMARTS) is 1. The average molecular weight is 375 g/mol. The Bertz CT molecular complexity index is 1110. The number of rotatable bonds is 5. The van der Waals surface area contributed by atoms with Gasteiger partial charge in [-0.1, -0.05) is 48.5 Å². The number of hydrogen-bond acceptors (Lipinski definition) is 5. The first-order valence-electron chi connectivity index (χ1n) is 8.79. The number of ketones is 1. The van der Waals surface area contributed by atoms with Crippen LogP contribution in [0.3, 0.4) is 0 Å². The van der Waals surface area contributed by atoms with E-state index < -0.39 is 17.6 Å². The van der Waals surface area contributed by atoms with Gasteiger partial charge >= 0.3 is 5.97 Å². The van der Waals surface area contributed by atoms with Crippen molar-refractivity contribution in [3.05, 3.63) is 88.5 Å². The molecule has 3 aromatic rings. The third kappa shape index (κ3) is 3.18. The van der Waals surface area contributed by atoms with Gasteiger partial charge < -0.3 is 14.6 Å². The minimum atomic E-state index is -0.976. The Kier molecular flexibility index (Phi) is 4.49. The fourth-order valence-electron chi connectivity index (χ4n) is 3.42. The molecule has 0 radical (unpaired) electrons. The molecular formula is C21H17N3O4. The van der Waals surface area contributed by atoms with Crippen LogP contribution in [0.1, 0.15) is 15.9 Å². The van der Waals surface area contributed by atoms with Gasteiger partial charge in [-0.15, -0.1) is 0 Å². The van der Waals surface area contributed by atoms with Gasteiger partial charge in [-0.25, -0.2) is 9.78 Å². The molecule has 1 aromatic heterocycles. The van der Waals surface area contributed by atoms with Crippen molar-refractivity contribution in [2.45, 2.75) is 19.0 Å². The summed E-state index contributed by atoms with van der Waals surface area (Å²) in [6.45, 7) is -0.147. The minimum absolute atomic E-state index is 0.147. The van der Waals surface area contributed by atoms with Crippen molar-refractivity contribution in [1.29, 1.82) is 0 Å². The number of anilines is 2. The normalized spacial score (nSPS) is 15.3. The van der Waals surface area contributed by atoms with Crippen LogP contribution >= 0.6 is 0 Å². The number of carboxylic acids is 1. The first kappa shape index (κ1) is 17.7. The number of hydrogen-bond donors (Lipinski definition) is 1. The fraction of sp³-hybridized carbons (Fsp3) is 0.143. The lowest BCUT2D eigenvalue weighted by atomic mass is 10.1. The standard InChI is InChI=1S/C21H17N3O4/c25-18(14-6-2-1-3-7-14)12-23-13-19(22-11-20(23)26)24-16-9-5-4-8-15(16)10-17(24)21(27)28/h1-9,11,13,17H,10,12H2,(H,27,28). The Morgan fingerprint density at radius 1 is 1.07 bits per heavy atom. The van der Waals surface area contributed by atoms with Crippen LogP contribution in [0.15, 0.2) is 71.8 Å². The van der Waals surface area contributed by atoms with Crippen molar-refractivity contribution in [3.8, 4) is 0 Å². The van der Waals surface area contributed by atoms with Crippen LogP contribution in [0.25, 0.3) is 0 Å². The molecule has 1 N–H and O–H groups in total. The number of nitrogens with zero attached hydrogens (tertiary/aromatic N) is 3. The molecule has 2 aromatic carbocycles. The Morgan fingerprint density at radius 2 is 1.79 bits per heavy atom. The zero-order valence-corrected chi connectivity index (χ0v) is 14.9. The lowest BCUT2D eigenvalue weighted by Gasteiger charge is -2.24. The summed E-state index contributed by atoms with van der Waals surface area (Å²) in [5.41, 5.74) is 1.71. The summed E-state index contributed by atoms with van der Waals surface area (Å²) in [6.07, 6.45) is 2.91. The number of Topliss-reactive ketones (excluding diaryl/α,β-unsaturated/α-hetero) is 1. The Labute approximate surface area is 160 Å². The fourth-order valence-corrected chi connectivity index (χ4v) is 3.42. The van der Waals surface area contributed by atoms with Gasteiger partial charge in [0.05, 0.1) is 18.9 Å². The Hall–Kier alpha value is -3.74. The van der Waals surface area contributed by atoms with Crippen molar-refractivity contribution < 1.29 is 14.7 Å². The third-order valence-electron chi connectivity index (χ3n) is 4.78. The topological polar surface area (TPSA) is 92.5 Å². The van der Waals surface area contributed by atoms with Gasteiger partial charge in [0.15, 0.2) is 11.6 Å². The Morgan fingerprint density at radius 3 is 2.54 bits per heavy atom. The van der Waals surface area contributed by atoms with Crippen molar-refractivity contribution in [2.75, 3.05) is 4.90 Å². The molecule has 0 aliphatic carbocycles. The van der Waals surface area contributed by atoms with Crippen molar-refractivity contribution in [2.24, 2.45) is 0 Å². The number of aliphatic carboxylic acids is 1. The Balaban J connectivity index is 1.71. The first-order chi connectivity index (χ1) is 13.5. The molecule has 0 amide bonds.